The lowest BCUT2D eigenvalue weighted by atomic mass is 10.3. The normalized spacial score (nSPS) is 10.2. The smallest absolute Gasteiger partial charge is 0.339 e. The van der Waals surface area contributed by atoms with E-state index in [-0.39, 0.29) is 5.97 Å². The fraction of sp³-hybridized carbons (Fsp3) is 0.182. The van der Waals surface area contributed by atoms with Gasteiger partial charge in [0.25, 0.3) is 0 Å². The molecule has 2 heterocycles. The van der Waals surface area contributed by atoms with Gasteiger partial charge in [0.15, 0.2) is 4.34 Å². The molecule has 17 heavy (non-hydrogen) atoms. The summed E-state index contributed by atoms with van der Waals surface area (Å²) in [5.74, 6) is -0.342. The molecule has 0 unspecified atom stereocenters. The Morgan fingerprint density at radius 1 is 1.47 bits per heavy atom. The zero-order valence-corrected chi connectivity index (χ0v) is 10.8. The Morgan fingerprint density at radius 2 is 2.35 bits per heavy atom. The van der Waals surface area contributed by atoms with Crippen LogP contribution in [0.3, 0.4) is 0 Å². The summed E-state index contributed by atoms with van der Waals surface area (Å²) >= 11 is 3.03. The molecule has 4 nitrogen and oxygen atoms in total. The number of thiazole rings is 1. The van der Waals surface area contributed by atoms with Crippen LogP contribution >= 0.6 is 23.1 Å². The van der Waals surface area contributed by atoms with Crippen LogP contribution in [0.2, 0.25) is 0 Å². The molecule has 2 rings (SSSR count). The average molecular weight is 266 g/mol. The van der Waals surface area contributed by atoms with E-state index in [9.17, 15) is 4.79 Å². The van der Waals surface area contributed by atoms with Crippen molar-refractivity contribution < 1.29 is 9.53 Å². The molecule has 0 aliphatic heterocycles. The highest BCUT2D eigenvalue weighted by Gasteiger charge is 2.07. The molecule has 0 aliphatic rings. The van der Waals surface area contributed by atoms with Gasteiger partial charge in [-0.05, 0) is 30.8 Å². The van der Waals surface area contributed by atoms with Crippen molar-refractivity contribution in [3.05, 3.63) is 35.5 Å². The first-order valence-corrected chi connectivity index (χ1v) is 6.69. The summed E-state index contributed by atoms with van der Waals surface area (Å²) in [5.41, 5.74) is 0.468. The number of ether oxygens (including phenoxy) is 1. The number of nitrogens with zero attached hydrogens (tertiary/aromatic N) is 2. The van der Waals surface area contributed by atoms with Crippen molar-refractivity contribution in [3.63, 3.8) is 0 Å². The molecule has 0 N–H and O–H groups in total. The third-order valence-electron chi connectivity index (χ3n) is 1.85. The monoisotopic (exact) mass is 266 g/mol. The minimum atomic E-state index is -0.342. The Bertz CT molecular complexity index is 483. The third kappa shape index (κ3) is 3.28. The molecule has 0 aliphatic carbocycles. The van der Waals surface area contributed by atoms with Gasteiger partial charge in [-0.3, -0.25) is 0 Å². The molecule has 0 radical (unpaired) electrons. The molecule has 0 fully saturated rings. The number of hydrogen-bond donors (Lipinski definition) is 0. The number of rotatable bonds is 4. The van der Waals surface area contributed by atoms with Gasteiger partial charge >= 0.3 is 5.97 Å². The number of hydrogen-bond acceptors (Lipinski definition) is 6. The summed E-state index contributed by atoms with van der Waals surface area (Å²) < 4.78 is 5.81. The van der Waals surface area contributed by atoms with Crippen molar-refractivity contribution in [1.82, 2.24) is 9.97 Å². The summed E-state index contributed by atoms with van der Waals surface area (Å²) in [4.78, 5) is 19.7. The molecule has 0 saturated carbocycles. The summed E-state index contributed by atoms with van der Waals surface area (Å²) in [7, 11) is 0. The van der Waals surface area contributed by atoms with E-state index >= 15 is 0 Å². The fourth-order valence-corrected chi connectivity index (χ4v) is 2.64. The second kappa shape index (κ2) is 5.79. The van der Waals surface area contributed by atoms with Gasteiger partial charge in [0.05, 0.1) is 12.2 Å². The number of aromatic nitrogens is 2. The highest BCUT2D eigenvalue weighted by Crippen LogP contribution is 2.27. The molecule has 0 atom stereocenters. The highest BCUT2D eigenvalue weighted by molar-refractivity contribution is 8.00. The van der Waals surface area contributed by atoms with E-state index in [0.717, 1.165) is 9.37 Å². The van der Waals surface area contributed by atoms with E-state index in [1.54, 1.807) is 36.6 Å². The maximum Gasteiger partial charge on any atom is 0.339 e. The van der Waals surface area contributed by atoms with Crippen LogP contribution in [0.4, 0.5) is 0 Å². The van der Waals surface area contributed by atoms with Crippen molar-refractivity contribution in [2.24, 2.45) is 0 Å². The van der Waals surface area contributed by atoms with Gasteiger partial charge in [-0.1, -0.05) is 0 Å². The lowest BCUT2D eigenvalue weighted by Crippen LogP contribution is -2.04. The third-order valence-corrected chi connectivity index (χ3v) is 3.68. The predicted octanol–water partition coefficient (Wildman–Crippen LogP) is 2.87. The lowest BCUT2D eigenvalue weighted by molar-refractivity contribution is 0.0525. The van der Waals surface area contributed by atoms with Crippen LogP contribution in [0, 0.1) is 0 Å². The van der Waals surface area contributed by atoms with E-state index in [4.69, 9.17) is 4.74 Å². The average Bonchev–Trinajstić information content (AvgIpc) is 2.83. The number of esters is 1. The van der Waals surface area contributed by atoms with E-state index < -0.39 is 0 Å². The van der Waals surface area contributed by atoms with E-state index in [1.165, 1.54) is 18.0 Å². The van der Waals surface area contributed by atoms with Crippen LogP contribution in [-0.2, 0) is 4.74 Å². The summed E-state index contributed by atoms with van der Waals surface area (Å²) in [6.45, 7) is 2.15. The largest absolute Gasteiger partial charge is 0.462 e. The van der Waals surface area contributed by atoms with Gasteiger partial charge in [-0.2, -0.15) is 0 Å². The molecule has 2 aromatic rings. The van der Waals surface area contributed by atoms with Crippen LogP contribution in [0.5, 0.6) is 0 Å². The lowest BCUT2D eigenvalue weighted by Gasteiger charge is -2.01. The molecule has 0 bridgehead atoms. The Hall–Kier alpha value is -1.40. The van der Waals surface area contributed by atoms with Crippen molar-refractivity contribution in [3.8, 4) is 0 Å². The minimum Gasteiger partial charge on any atom is -0.462 e. The second-order valence-electron chi connectivity index (χ2n) is 3.01. The summed E-state index contributed by atoms with van der Waals surface area (Å²) in [6.07, 6.45) is 3.27. The van der Waals surface area contributed by atoms with Gasteiger partial charge in [0.2, 0.25) is 0 Å². The van der Waals surface area contributed by atoms with Gasteiger partial charge < -0.3 is 4.74 Å². The Kier molecular flexibility index (Phi) is 4.11. The van der Waals surface area contributed by atoms with E-state index in [0.29, 0.717) is 12.2 Å². The highest BCUT2D eigenvalue weighted by atomic mass is 32.2. The molecule has 0 spiro atoms. The zero-order chi connectivity index (χ0) is 12.1. The van der Waals surface area contributed by atoms with Gasteiger partial charge in [-0.25, -0.2) is 14.8 Å². The van der Waals surface area contributed by atoms with Crippen LogP contribution in [0.15, 0.2) is 39.3 Å². The first-order valence-electron chi connectivity index (χ1n) is 5.00. The minimum absolute atomic E-state index is 0.342. The Balaban J connectivity index is 2.05. The van der Waals surface area contributed by atoms with Crippen LogP contribution in [0.1, 0.15) is 17.3 Å². The Labute approximate surface area is 107 Å². The Morgan fingerprint density at radius 3 is 2.94 bits per heavy atom. The maximum absolute atomic E-state index is 11.4. The van der Waals surface area contributed by atoms with Crippen molar-refractivity contribution in [1.29, 1.82) is 0 Å². The van der Waals surface area contributed by atoms with E-state index in [1.807, 2.05) is 5.38 Å². The molecule has 0 saturated heterocycles. The SMILES string of the molecule is CCOC(=O)c1ccc(Sc2nccs2)nc1. The van der Waals surface area contributed by atoms with Crippen LogP contribution in [-0.4, -0.2) is 22.5 Å². The topological polar surface area (TPSA) is 52.1 Å². The zero-order valence-electron chi connectivity index (χ0n) is 9.12. The van der Waals surface area contributed by atoms with Gasteiger partial charge in [0.1, 0.15) is 5.03 Å². The van der Waals surface area contributed by atoms with Crippen molar-refractivity contribution >= 4 is 29.1 Å². The number of carbonyl (C=O) groups is 1. The van der Waals surface area contributed by atoms with Crippen molar-refractivity contribution in [2.45, 2.75) is 16.3 Å². The van der Waals surface area contributed by atoms with Crippen molar-refractivity contribution in [2.75, 3.05) is 6.61 Å². The second-order valence-corrected chi connectivity index (χ2v) is 5.17. The fourth-order valence-electron chi connectivity index (χ4n) is 1.13. The first kappa shape index (κ1) is 12.1. The standard InChI is InChI=1S/C11H10N2O2S2/c1-2-15-10(14)8-3-4-9(13-7-8)17-11-12-5-6-16-11/h3-7H,2H2,1H3. The molecule has 2 aromatic heterocycles. The van der Waals surface area contributed by atoms with Gasteiger partial charge in [-0.15, -0.1) is 11.3 Å². The summed E-state index contributed by atoms with van der Waals surface area (Å²) in [5, 5.41) is 2.72. The van der Waals surface area contributed by atoms with E-state index in [2.05, 4.69) is 9.97 Å². The maximum atomic E-state index is 11.4. The van der Waals surface area contributed by atoms with Gasteiger partial charge in [0, 0.05) is 17.8 Å². The first-order chi connectivity index (χ1) is 8.29. The molecular formula is C11H10N2O2S2. The number of carbonyl (C=O) groups excluding carboxylic acids is 1. The molecule has 88 valence electrons. The molecule has 0 aromatic carbocycles. The molecule has 0 amide bonds. The molecular weight excluding hydrogens is 256 g/mol. The van der Waals surface area contributed by atoms with Crippen LogP contribution in [0.25, 0.3) is 0 Å². The molecule has 6 heteroatoms. The number of pyridine rings is 1. The van der Waals surface area contributed by atoms with Crippen LogP contribution < -0.4 is 0 Å². The predicted molar refractivity (Wildman–Crippen MR) is 66.4 cm³/mol. The quantitative estimate of drug-likeness (QED) is 0.796. The summed E-state index contributed by atoms with van der Waals surface area (Å²) in [6, 6.07) is 3.50.